The highest BCUT2D eigenvalue weighted by Gasteiger charge is 2.31. The lowest BCUT2D eigenvalue weighted by Crippen LogP contribution is -2.44. The molecule has 2 heterocycles. The van der Waals surface area contributed by atoms with E-state index in [-0.39, 0.29) is 22.9 Å². The quantitative estimate of drug-likeness (QED) is 0.912. The van der Waals surface area contributed by atoms with Gasteiger partial charge in [-0.15, -0.1) is 0 Å². The summed E-state index contributed by atoms with van der Waals surface area (Å²) >= 11 is 0. The van der Waals surface area contributed by atoms with Crippen LogP contribution in [-0.2, 0) is 0 Å². The molecule has 0 unspecified atom stereocenters. The number of para-hydroxylation sites is 1. The summed E-state index contributed by atoms with van der Waals surface area (Å²) in [6.45, 7) is 7.29. The van der Waals surface area contributed by atoms with Gasteiger partial charge in [-0.2, -0.15) is 0 Å². The molecule has 2 aromatic rings. The molecule has 1 N–H and O–H groups in total. The maximum atomic E-state index is 13.1. The molecule has 2 atom stereocenters. The summed E-state index contributed by atoms with van der Waals surface area (Å²) in [7, 11) is 0. The summed E-state index contributed by atoms with van der Waals surface area (Å²) in [4.78, 5) is 31.0. The molecule has 4 heteroatoms. The van der Waals surface area contributed by atoms with Crippen molar-refractivity contribution in [2.75, 3.05) is 6.54 Å². The van der Waals surface area contributed by atoms with Crippen LogP contribution in [0.15, 0.2) is 35.3 Å². The number of likely N-dealkylation sites (tertiary alicyclic amines) is 1. The normalized spacial score (nSPS) is 21.9. The first-order valence-corrected chi connectivity index (χ1v) is 8.90. The van der Waals surface area contributed by atoms with Crippen LogP contribution in [0.2, 0.25) is 0 Å². The second kappa shape index (κ2) is 6.80. The molecule has 1 amide bonds. The number of carbonyl (C=O) groups excluding carboxylic acids is 1. The van der Waals surface area contributed by atoms with E-state index in [9.17, 15) is 9.59 Å². The van der Waals surface area contributed by atoms with Gasteiger partial charge >= 0.3 is 0 Å². The number of H-pyrrole nitrogens is 1. The van der Waals surface area contributed by atoms with E-state index in [0.717, 1.165) is 31.3 Å². The van der Waals surface area contributed by atoms with E-state index in [2.05, 4.69) is 25.8 Å². The smallest absolute Gasteiger partial charge is 0.259 e. The van der Waals surface area contributed by atoms with Gasteiger partial charge in [0.25, 0.3) is 5.91 Å². The third-order valence-electron chi connectivity index (χ3n) is 5.27. The standard InChI is InChI=1S/C20H26N2O2/c1-13(2)18-9-8-14(3)10-11-22(18)20(24)16-12-21-17-7-5-4-6-15(17)19(16)23/h4-7,12-14,18H,8-11H2,1-3H3,(H,21,23)/t14-,18+/m0/s1. The molecule has 1 aromatic heterocycles. The minimum Gasteiger partial charge on any atom is -0.360 e. The molecule has 0 saturated carbocycles. The Bertz CT molecular complexity index is 794. The van der Waals surface area contributed by atoms with Crippen molar-refractivity contribution in [1.29, 1.82) is 0 Å². The van der Waals surface area contributed by atoms with Crippen molar-refractivity contribution in [3.05, 3.63) is 46.2 Å². The second-order valence-electron chi connectivity index (χ2n) is 7.36. The number of benzene rings is 1. The van der Waals surface area contributed by atoms with E-state index >= 15 is 0 Å². The van der Waals surface area contributed by atoms with E-state index in [0.29, 0.717) is 17.2 Å². The lowest BCUT2D eigenvalue weighted by molar-refractivity contribution is 0.0630. The van der Waals surface area contributed by atoms with Crippen LogP contribution in [-0.4, -0.2) is 28.4 Å². The highest BCUT2D eigenvalue weighted by molar-refractivity contribution is 5.97. The summed E-state index contributed by atoms with van der Waals surface area (Å²) in [5.74, 6) is 0.882. The van der Waals surface area contributed by atoms with Gasteiger partial charge in [0.05, 0.1) is 0 Å². The SMILES string of the molecule is CC(C)[C@H]1CC[C@H](C)CCN1C(=O)c1c[nH]c2ccccc2c1=O. The minimum absolute atomic E-state index is 0.130. The lowest BCUT2D eigenvalue weighted by atomic mass is 9.95. The van der Waals surface area contributed by atoms with Crippen molar-refractivity contribution in [3.8, 4) is 0 Å². The van der Waals surface area contributed by atoms with Crippen LogP contribution >= 0.6 is 0 Å². The zero-order chi connectivity index (χ0) is 17.3. The van der Waals surface area contributed by atoms with Crippen molar-refractivity contribution in [3.63, 3.8) is 0 Å². The molecule has 128 valence electrons. The number of fused-ring (bicyclic) bond motifs is 1. The number of nitrogens with zero attached hydrogens (tertiary/aromatic N) is 1. The predicted octanol–water partition coefficient (Wildman–Crippen LogP) is 3.81. The predicted molar refractivity (Wildman–Crippen MR) is 97.2 cm³/mol. The molecule has 0 aliphatic carbocycles. The van der Waals surface area contributed by atoms with Crippen LogP contribution in [0.1, 0.15) is 50.4 Å². The summed E-state index contributed by atoms with van der Waals surface area (Å²) < 4.78 is 0. The van der Waals surface area contributed by atoms with Crippen molar-refractivity contribution in [2.24, 2.45) is 11.8 Å². The molecule has 1 aromatic carbocycles. The maximum Gasteiger partial charge on any atom is 0.259 e. The molecule has 1 fully saturated rings. The Morgan fingerprint density at radius 1 is 1.21 bits per heavy atom. The summed E-state index contributed by atoms with van der Waals surface area (Å²) in [5, 5.41) is 0.577. The van der Waals surface area contributed by atoms with Gasteiger partial charge < -0.3 is 9.88 Å². The maximum absolute atomic E-state index is 13.1. The minimum atomic E-state index is -0.172. The first-order valence-electron chi connectivity index (χ1n) is 8.90. The molecular weight excluding hydrogens is 300 g/mol. The Balaban J connectivity index is 2.00. The number of nitrogens with one attached hydrogen (secondary N) is 1. The second-order valence-corrected chi connectivity index (χ2v) is 7.36. The highest BCUT2D eigenvalue weighted by Crippen LogP contribution is 2.27. The molecule has 24 heavy (non-hydrogen) atoms. The van der Waals surface area contributed by atoms with Crippen LogP contribution in [0.3, 0.4) is 0 Å². The fourth-order valence-corrected chi connectivity index (χ4v) is 3.71. The van der Waals surface area contributed by atoms with Gasteiger partial charge in [0.2, 0.25) is 5.43 Å². The third kappa shape index (κ3) is 3.10. The number of carbonyl (C=O) groups is 1. The van der Waals surface area contributed by atoms with Crippen LogP contribution in [0.4, 0.5) is 0 Å². The van der Waals surface area contributed by atoms with Gasteiger partial charge in [0, 0.05) is 29.7 Å². The third-order valence-corrected chi connectivity index (χ3v) is 5.27. The average molecular weight is 326 g/mol. The van der Waals surface area contributed by atoms with Gasteiger partial charge in [-0.1, -0.05) is 32.9 Å². The van der Waals surface area contributed by atoms with Crippen molar-refractivity contribution < 1.29 is 4.79 Å². The highest BCUT2D eigenvalue weighted by atomic mass is 16.2. The van der Waals surface area contributed by atoms with E-state index in [4.69, 9.17) is 0 Å². The van der Waals surface area contributed by atoms with E-state index < -0.39 is 0 Å². The number of aromatic nitrogens is 1. The fourth-order valence-electron chi connectivity index (χ4n) is 3.71. The van der Waals surface area contributed by atoms with Gasteiger partial charge in [-0.3, -0.25) is 9.59 Å². The van der Waals surface area contributed by atoms with Crippen molar-refractivity contribution in [2.45, 2.75) is 46.1 Å². The molecule has 3 rings (SSSR count). The first-order chi connectivity index (χ1) is 11.5. The molecule has 1 aliphatic heterocycles. The van der Waals surface area contributed by atoms with Gasteiger partial charge in [0.15, 0.2) is 0 Å². The van der Waals surface area contributed by atoms with Gasteiger partial charge in [0.1, 0.15) is 5.56 Å². The number of amides is 1. The number of hydrogen-bond acceptors (Lipinski definition) is 2. The van der Waals surface area contributed by atoms with E-state index in [1.165, 1.54) is 0 Å². The first kappa shape index (κ1) is 16.7. The van der Waals surface area contributed by atoms with Crippen LogP contribution < -0.4 is 5.43 Å². The summed E-state index contributed by atoms with van der Waals surface area (Å²) in [5.41, 5.74) is 0.854. The van der Waals surface area contributed by atoms with E-state index in [1.807, 2.05) is 23.1 Å². The lowest BCUT2D eigenvalue weighted by Gasteiger charge is -2.32. The zero-order valence-electron chi connectivity index (χ0n) is 14.7. The molecule has 0 radical (unpaired) electrons. The Labute approximate surface area is 142 Å². The molecule has 1 aliphatic rings. The molecular formula is C20H26N2O2. The molecule has 1 saturated heterocycles. The fraction of sp³-hybridized carbons (Fsp3) is 0.500. The summed E-state index contributed by atoms with van der Waals surface area (Å²) in [6, 6.07) is 7.54. The van der Waals surface area contributed by atoms with Crippen LogP contribution in [0.5, 0.6) is 0 Å². The largest absolute Gasteiger partial charge is 0.360 e. The molecule has 0 bridgehead atoms. The van der Waals surface area contributed by atoms with Crippen molar-refractivity contribution >= 4 is 16.8 Å². The van der Waals surface area contributed by atoms with Gasteiger partial charge in [-0.25, -0.2) is 0 Å². The number of hydrogen-bond donors (Lipinski definition) is 1. The molecule has 4 nitrogen and oxygen atoms in total. The zero-order valence-corrected chi connectivity index (χ0v) is 14.7. The number of pyridine rings is 1. The van der Waals surface area contributed by atoms with Crippen molar-refractivity contribution in [1.82, 2.24) is 9.88 Å². The topological polar surface area (TPSA) is 53.2 Å². The Hall–Kier alpha value is -2.10. The Kier molecular flexibility index (Phi) is 4.74. The average Bonchev–Trinajstić information content (AvgIpc) is 2.77. The monoisotopic (exact) mass is 326 g/mol. The summed E-state index contributed by atoms with van der Waals surface area (Å²) in [6.07, 6.45) is 4.73. The van der Waals surface area contributed by atoms with E-state index in [1.54, 1.807) is 12.3 Å². The number of aromatic amines is 1. The molecule has 0 spiro atoms. The van der Waals surface area contributed by atoms with Gasteiger partial charge in [-0.05, 0) is 43.2 Å². The van der Waals surface area contributed by atoms with Crippen LogP contribution in [0, 0.1) is 11.8 Å². The van der Waals surface area contributed by atoms with Crippen LogP contribution in [0.25, 0.3) is 10.9 Å². The number of rotatable bonds is 2. The Morgan fingerprint density at radius 3 is 2.71 bits per heavy atom. The Morgan fingerprint density at radius 2 is 1.96 bits per heavy atom.